The highest BCUT2D eigenvalue weighted by Crippen LogP contribution is 2.33. The molecular formula is C11H8F4N4. The Balaban J connectivity index is 2.35. The molecule has 0 radical (unpaired) electrons. The minimum absolute atomic E-state index is 0.0270. The van der Waals surface area contributed by atoms with E-state index in [1.54, 1.807) is 0 Å². The van der Waals surface area contributed by atoms with E-state index in [0.29, 0.717) is 6.07 Å². The van der Waals surface area contributed by atoms with Crippen molar-refractivity contribution in [2.75, 3.05) is 11.1 Å². The molecule has 0 bridgehead atoms. The zero-order chi connectivity index (χ0) is 14.0. The highest BCUT2D eigenvalue weighted by molar-refractivity contribution is 5.67. The van der Waals surface area contributed by atoms with Gasteiger partial charge in [-0.15, -0.1) is 0 Å². The Bertz CT molecular complexity index is 597. The Labute approximate surface area is 105 Å². The molecule has 2 rings (SSSR count). The van der Waals surface area contributed by atoms with Crippen LogP contribution < -0.4 is 11.1 Å². The van der Waals surface area contributed by atoms with Gasteiger partial charge in [-0.3, -0.25) is 0 Å². The quantitative estimate of drug-likeness (QED) is 0.825. The normalized spacial score (nSPS) is 11.4. The Morgan fingerprint density at radius 1 is 1.21 bits per heavy atom. The van der Waals surface area contributed by atoms with Gasteiger partial charge in [0.1, 0.15) is 12.1 Å². The van der Waals surface area contributed by atoms with Gasteiger partial charge in [-0.2, -0.15) is 13.2 Å². The number of benzene rings is 1. The third-order valence-corrected chi connectivity index (χ3v) is 2.28. The van der Waals surface area contributed by atoms with Crippen LogP contribution in [0.5, 0.6) is 0 Å². The van der Waals surface area contributed by atoms with E-state index in [1.807, 2.05) is 0 Å². The summed E-state index contributed by atoms with van der Waals surface area (Å²) in [5.41, 5.74) is 4.38. The van der Waals surface area contributed by atoms with Crippen molar-refractivity contribution in [1.82, 2.24) is 9.97 Å². The first-order valence-corrected chi connectivity index (χ1v) is 5.07. The second kappa shape index (κ2) is 4.71. The fraction of sp³-hybridized carbons (Fsp3) is 0.0909. The van der Waals surface area contributed by atoms with Gasteiger partial charge in [-0.05, 0) is 18.2 Å². The predicted octanol–water partition coefficient (Wildman–Crippen LogP) is 2.96. The van der Waals surface area contributed by atoms with Crippen LogP contribution in [0, 0.1) is 5.82 Å². The molecule has 0 unspecified atom stereocenters. The molecule has 1 heterocycles. The van der Waals surface area contributed by atoms with Crippen molar-refractivity contribution in [1.29, 1.82) is 0 Å². The molecule has 8 heteroatoms. The van der Waals surface area contributed by atoms with Crippen molar-refractivity contribution >= 4 is 17.2 Å². The van der Waals surface area contributed by atoms with Crippen molar-refractivity contribution in [2.24, 2.45) is 0 Å². The van der Waals surface area contributed by atoms with Crippen molar-refractivity contribution in [2.45, 2.75) is 6.18 Å². The molecule has 100 valence electrons. The van der Waals surface area contributed by atoms with Gasteiger partial charge in [0.15, 0.2) is 5.82 Å². The number of hydrogen-bond donors (Lipinski definition) is 2. The lowest BCUT2D eigenvalue weighted by molar-refractivity contribution is -0.139. The van der Waals surface area contributed by atoms with Crippen LogP contribution in [0.25, 0.3) is 0 Å². The van der Waals surface area contributed by atoms with Gasteiger partial charge < -0.3 is 11.1 Å². The van der Waals surface area contributed by atoms with Crippen molar-refractivity contribution in [3.05, 3.63) is 42.1 Å². The summed E-state index contributed by atoms with van der Waals surface area (Å²) in [5, 5.41) is 2.57. The van der Waals surface area contributed by atoms with Crippen molar-refractivity contribution in [3.8, 4) is 0 Å². The van der Waals surface area contributed by atoms with E-state index in [9.17, 15) is 17.6 Å². The SMILES string of the molecule is Nc1cncnc1Nc1ccc(F)c(C(F)(F)F)c1. The molecule has 0 aliphatic rings. The molecule has 2 aromatic rings. The maximum atomic E-state index is 13.1. The Hall–Kier alpha value is -2.38. The maximum Gasteiger partial charge on any atom is 0.419 e. The van der Waals surface area contributed by atoms with E-state index in [0.717, 1.165) is 12.1 Å². The molecule has 3 N–H and O–H groups in total. The zero-order valence-electron chi connectivity index (χ0n) is 9.37. The van der Waals surface area contributed by atoms with Crippen molar-refractivity contribution < 1.29 is 17.6 Å². The van der Waals surface area contributed by atoms with Crippen LogP contribution in [0.4, 0.5) is 34.8 Å². The number of nitrogens with one attached hydrogen (secondary N) is 1. The van der Waals surface area contributed by atoms with E-state index in [4.69, 9.17) is 5.73 Å². The van der Waals surface area contributed by atoms with Gasteiger partial charge in [-0.1, -0.05) is 0 Å². The van der Waals surface area contributed by atoms with Crippen molar-refractivity contribution in [3.63, 3.8) is 0 Å². The third-order valence-electron chi connectivity index (χ3n) is 2.28. The van der Waals surface area contributed by atoms with Crippen LogP contribution in [0.1, 0.15) is 5.56 Å². The van der Waals surface area contributed by atoms with E-state index in [-0.39, 0.29) is 17.2 Å². The molecular weight excluding hydrogens is 264 g/mol. The fourth-order valence-corrected chi connectivity index (χ4v) is 1.40. The maximum absolute atomic E-state index is 13.1. The van der Waals surface area contributed by atoms with Gasteiger partial charge >= 0.3 is 6.18 Å². The summed E-state index contributed by atoms with van der Waals surface area (Å²) in [7, 11) is 0. The first-order valence-electron chi connectivity index (χ1n) is 5.07. The molecule has 0 aliphatic carbocycles. The summed E-state index contributed by atoms with van der Waals surface area (Å²) in [4.78, 5) is 7.41. The second-order valence-corrected chi connectivity index (χ2v) is 3.64. The predicted molar refractivity (Wildman–Crippen MR) is 61.1 cm³/mol. The minimum Gasteiger partial charge on any atom is -0.394 e. The van der Waals surface area contributed by atoms with Crippen LogP contribution in [0.2, 0.25) is 0 Å². The number of rotatable bonds is 2. The zero-order valence-corrected chi connectivity index (χ0v) is 9.37. The number of hydrogen-bond acceptors (Lipinski definition) is 4. The Morgan fingerprint density at radius 2 is 1.95 bits per heavy atom. The fourth-order valence-electron chi connectivity index (χ4n) is 1.40. The summed E-state index contributed by atoms with van der Waals surface area (Å²) in [5.74, 6) is -1.19. The van der Waals surface area contributed by atoms with Gasteiger partial charge in [0.25, 0.3) is 0 Å². The average molecular weight is 272 g/mol. The second-order valence-electron chi connectivity index (χ2n) is 3.64. The lowest BCUT2D eigenvalue weighted by Gasteiger charge is -2.11. The summed E-state index contributed by atoms with van der Waals surface area (Å²) < 4.78 is 50.7. The highest BCUT2D eigenvalue weighted by Gasteiger charge is 2.34. The molecule has 0 aliphatic heterocycles. The summed E-state index contributed by atoms with van der Waals surface area (Å²) >= 11 is 0. The van der Waals surface area contributed by atoms with Crippen LogP contribution in [0.3, 0.4) is 0 Å². The molecule has 0 saturated carbocycles. The van der Waals surface area contributed by atoms with Crippen LogP contribution in [-0.4, -0.2) is 9.97 Å². The average Bonchev–Trinajstić information content (AvgIpc) is 2.33. The summed E-state index contributed by atoms with van der Waals surface area (Å²) in [6.07, 6.45) is -2.28. The monoisotopic (exact) mass is 272 g/mol. The number of nitrogens with zero attached hydrogens (tertiary/aromatic N) is 2. The summed E-state index contributed by atoms with van der Waals surface area (Å²) in [6.45, 7) is 0. The first kappa shape index (κ1) is 13.1. The van der Waals surface area contributed by atoms with Gasteiger partial charge in [0, 0.05) is 5.69 Å². The first-order chi connectivity index (χ1) is 8.88. The number of nitrogens with two attached hydrogens (primary N) is 1. The summed E-state index contributed by atoms with van der Waals surface area (Å²) in [6, 6.07) is 2.53. The van der Waals surface area contributed by atoms with E-state index in [2.05, 4.69) is 15.3 Å². The van der Waals surface area contributed by atoms with Crippen LogP contribution in [0.15, 0.2) is 30.7 Å². The largest absolute Gasteiger partial charge is 0.419 e. The number of halogens is 4. The van der Waals surface area contributed by atoms with Gasteiger partial charge in [0.05, 0.1) is 17.4 Å². The smallest absolute Gasteiger partial charge is 0.394 e. The Morgan fingerprint density at radius 3 is 2.58 bits per heavy atom. The molecule has 0 amide bonds. The number of alkyl halides is 3. The van der Waals surface area contributed by atoms with E-state index >= 15 is 0 Å². The molecule has 0 fully saturated rings. The molecule has 0 saturated heterocycles. The molecule has 4 nitrogen and oxygen atoms in total. The van der Waals surface area contributed by atoms with E-state index in [1.165, 1.54) is 12.5 Å². The van der Waals surface area contributed by atoms with Gasteiger partial charge in [0.2, 0.25) is 0 Å². The number of anilines is 3. The standard InChI is InChI=1S/C11H8F4N4/c12-8-2-1-6(3-7(8)11(13,14)15)19-10-9(16)4-17-5-18-10/h1-5H,16H2,(H,17,18,19). The minimum atomic E-state index is -4.76. The van der Waals surface area contributed by atoms with Crippen LogP contribution in [-0.2, 0) is 6.18 Å². The Kier molecular flexibility index (Phi) is 3.24. The lowest BCUT2D eigenvalue weighted by atomic mass is 10.2. The van der Waals surface area contributed by atoms with Gasteiger partial charge in [-0.25, -0.2) is 14.4 Å². The van der Waals surface area contributed by atoms with Crippen LogP contribution >= 0.6 is 0 Å². The highest BCUT2D eigenvalue weighted by atomic mass is 19.4. The number of aromatic nitrogens is 2. The van der Waals surface area contributed by atoms with E-state index < -0.39 is 17.6 Å². The topological polar surface area (TPSA) is 63.8 Å². The number of nitrogen functional groups attached to an aromatic ring is 1. The lowest BCUT2D eigenvalue weighted by Crippen LogP contribution is -2.09. The molecule has 1 aromatic carbocycles. The molecule has 1 aromatic heterocycles. The molecule has 0 atom stereocenters. The molecule has 0 spiro atoms. The third kappa shape index (κ3) is 2.90. The molecule has 19 heavy (non-hydrogen) atoms.